The van der Waals surface area contributed by atoms with Crippen LogP contribution in [0.3, 0.4) is 0 Å². The maximum Gasteiger partial charge on any atom is 0.253 e. The summed E-state index contributed by atoms with van der Waals surface area (Å²) >= 11 is 1.47. The van der Waals surface area contributed by atoms with Crippen molar-refractivity contribution in [3.8, 4) is 0 Å². The highest BCUT2D eigenvalue weighted by Gasteiger charge is 2.28. The predicted octanol–water partition coefficient (Wildman–Crippen LogP) is 3.72. The highest BCUT2D eigenvalue weighted by Crippen LogP contribution is 2.22. The molecular formula is C24H25N3O4S2. The zero-order valence-corrected chi connectivity index (χ0v) is 19.6. The quantitative estimate of drug-likeness (QED) is 0.535. The SMILES string of the molecule is O=C(Nc1ccccc1)C1CCN(C(=O)c2cccc(S(=O)(=O)NCc3cccs3)c2)CC1. The Hall–Kier alpha value is -3.01. The van der Waals surface area contributed by atoms with Crippen LogP contribution in [0.1, 0.15) is 28.1 Å². The Bertz CT molecular complexity index is 1200. The number of thiophene rings is 1. The van der Waals surface area contributed by atoms with E-state index >= 15 is 0 Å². The van der Waals surface area contributed by atoms with E-state index in [0.29, 0.717) is 31.5 Å². The number of nitrogens with zero attached hydrogens (tertiary/aromatic N) is 1. The smallest absolute Gasteiger partial charge is 0.253 e. The summed E-state index contributed by atoms with van der Waals surface area (Å²) in [5.41, 5.74) is 1.08. The van der Waals surface area contributed by atoms with Gasteiger partial charge >= 0.3 is 0 Å². The molecule has 9 heteroatoms. The van der Waals surface area contributed by atoms with Gasteiger partial charge in [-0.1, -0.05) is 30.3 Å². The van der Waals surface area contributed by atoms with Gasteiger partial charge in [0.15, 0.2) is 0 Å². The standard InChI is InChI=1S/C24H25N3O4S2/c28-23(26-20-7-2-1-3-8-20)18-11-13-27(14-12-18)24(29)19-6-4-10-22(16-19)33(30,31)25-17-21-9-5-15-32-21/h1-10,15-16,18,25H,11-14,17H2,(H,26,28). The minimum atomic E-state index is -3.74. The van der Waals surface area contributed by atoms with Crippen LogP contribution >= 0.6 is 11.3 Å². The van der Waals surface area contributed by atoms with Gasteiger partial charge in [-0.05, 0) is 54.6 Å². The molecule has 2 amide bonds. The molecule has 1 fully saturated rings. The molecule has 172 valence electrons. The fourth-order valence-corrected chi connectivity index (χ4v) is 5.54. The number of nitrogens with one attached hydrogen (secondary N) is 2. The molecule has 4 rings (SSSR count). The number of carbonyl (C=O) groups excluding carboxylic acids is 2. The summed E-state index contributed by atoms with van der Waals surface area (Å²) in [6, 6.07) is 19.1. The topological polar surface area (TPSA) is 95.6 Å². The Kier molecular flexibility index (Phi) is 7.22. The second-order valence-corrected chi connectivity index (χ2v) is 10.7. The number of rotatable bonds is 7. The molecule has 0 radical (unpaired) electrons. The number of piperidine rings is 1. The number of sulfonamides is 1. The van der Waals surface area contributed by atoms with Crippen molar-refractivity contribution in [1.82, 2.24) is 9.62 Å². The summed E-state index contributed by atoms with van der Waals surface area (Å²) in [5, 5.41) is 4.80. The molecule has 1 aromatic heterocycles. The molecule has 1 aliphatic rings. The van der Waals surface area contributed by atoms with Crippen LogP contribution in [0.15, 0.2) is 77.0 Å². The molecule has 0 saturated carbocycles. The average Bonchev–Trinajstić information content (AvgIpc) is 3.37. The lowest BCUT2D eigenvalue weighted by atomic mass is 9.95. The first kappa shape index (κ1) is 23.2. The van der Waals surface area contributed by atoms with Gasteiger partial charge in [0.25, 0.3) is 5.91 Å². The first-order valence-electron chi connectivity index (χ1n) is 10.7. The third-order valence-corrected chi connectivity index (χ3v) is 7.88. The first-order chi connectivity index (χ1) is 15.9. The largest absolute Gasteiger partial charge is 0.339 e. The normalized spacial score (nSPS) is 14.7. The van der Waals surface area contributed by atoms with E-state index < -0.39 is 10.0 Å². The summed E-state index contributed by atoms with van der Waals surface area (Å²) in [7, 11) is -3.74. The molecule has 7 nitrogen and oxygen atoms in total. The zero-order valence-electron chi connectivity index (χ0n) is 17.9. The van der Waals surface area contributed by atoms with Crippen LogP contribution in [0.25, 0.3) is 0 Å². The van der Waals surface area contributed by atoms with E-state index in [2.05, 4.69) is 10.0 Å². The van der Waals surface area contributed by atoms with Crippen molar-refractivity contribution in [2.24, 2.45) is 5.92 Å². The average molecular weight is 484 g/mol. The van der Waals surface area contributed by atoms with Crippen LogP contribution in [-0.2, 0) is 21.4 Å². The molecule has 1 aliphatic heterocycles. The number of anilines is 1. The first-order valence-corrected chi connectivity index (χ1v) is 13.1. The predicted molar refractivity (Wildman–Crippen MR) is 128 cm³/mol. The van der Waals surface area contributed by atoms with Crippen LogP contribution in [0, 0.1) is 5.92 Å². The Morgan fingerprint density at radius 2 is 1.73 bits per heavy atom. The van der Waals surface area contributed by atoms with Gasteiger partial charge in [-0.3, -0.25) is 9.59 Å². The van der Waals surface area contributed by atoms with Crippen molar-refractivity contribution in [3.63, 3.8) is 0 Å². The minimum Gasteiger partial charge on any atom is -0.339 e. The van der Waals surface area contributed by atoms with Crippen molar-refractivity contribution in [1.29, 1.82) is 0 Å². The van der Waals surface area contributed by atoms with E-state index in [9.17, 15) is 18.0 Å². The van der Waals surface area contributed by atoms with E-state index in [1.54, 1.807) is 17.0 Å². The summed E-state index contributed by atoms with van der Waals surface area (Å²) in [6.45, 7) is 1.09. The number of hydrogen-bond acceptors (Lipinski definition) is 5. The third-order valence-electron chi connectivity index (χ3n) is 5.60. The Balaban J connectivity index is 1.35. The molecule has 33 heavy (non-hydrogen) atoms. The molecule has 2 heterocycles. The second-order valence-electron chi connectivity index (χ2n) is 7.85. The number of likely N-dealkylation sites (tertiary alicyclic amines) is 1. The maximum atomic E-state index is 13.0. The summed E-state index contributed by atoms with van der Waals surface area (Å²) in [5.74, 6) is -0.437. The van der Waals surface area contributed by atoms with Gasteiger partial charge in [0.05, 0.1) is 4.90 Å². The number of amides is 2. The maximum absolute atomic E-state index is 13.0. The molecule has 0 spiro atoms. The van der Waals surface area contributed by atoms with Crippen molar-refractivity contribution in [2.45, 2.75) is 24.3 Å². The number of para-hydroxylation sites is 1. The van der Waals surface area contributed by atoms with E-state index in [0.717, 1.165) is 10.6 Å². The van der Waals surface area contributed by atoms with E-state index in [4.69, 9.17) is 0 Å². The Labute approximate surface area is 197 Å². The van der Waals surface area contributed by atoms with Gasteiger partial charge in [-0.15, -0.1) is 11.3 Å². The van der Waals surface area contributed by atoms with Crippen molar-refractivity contribution in [2.75, 3.05) is 18.4 Å². The van der Waals surface area contributed by atoms with Crippen molar-refractivity contribution < 1.29 is 18.0 Å². The summed E-state index contributed by atoms with van der Waals surface area (Å²) in [6.07, 6.45) is 1.12. The lowest BCUT2D eigenvalue weighted by Crippen LogP contribution is -2.41. The van der Waals surface area contributed by atoms with Crippen molar-refractivity contribution in [3.05, 3.63) is 82.6 Å². The van der Waals surface area contributed by atoms with E-state index in [1.165, 1.54) is 23.5 Å². The third kappa shape index (κ3) is 5.87. The zero-order chi connectivity index (χ0) is 23.3. The second kappa shape index (κ2) is 10.3. The van der Waals surface area contributed by atoms with Crippen LogP contribution in [0.2, 0.25) is 0 Å². The van der Waals surface area contributed by atoms with Gasteiger partial charge in [-0.2, -0.15) is 0 Å². The lowest BCUT2D eigenvalue weighted by Gasteiger charge is -2.31. The van der Waals surface area contributed by atoms with Crippen LogP contribution < -0.4 is 10.0 Å². The molecule has 0 bridgehead atoms. The van der Waals surface area contributed by atoms with Gasteiger partial charge < -0.3 is 10.2 Å². The number of benzene rings is 2. The Morgan fingerprint density at radius 3 is 2.42 bits per heavy atom. The van der Waals surface area contributed by atoms with Crippen LogP contribution in [0.4, 0.5) is 5.69 Å². The highest BCUT2D eigenvalue weighted by atomic mass is 32.2. The molecule has 3 aromatic rings. The van der Waals surface area contributed by atoms with Gasteiger partial charge in [0.1, 0.15) is 0 Å². The van der Waals surface area contributed by atoms with Gasteiger partial charge in [-0.25, -0.2) is 13.1 Å². The molecular weight excluding hydrogens is 458 g/mol. The van der Waals surface area contributed by atoms with E-state index in [-0.39, 0.29) is 29.2 Å². The highest BCUT2D eigenvalue weighted by molar-refractivity contribution is 7.89. The molecule has 0 atom stereocenters. The summed E-state index contributed by atoms with van der Waals surface area (Å²) in [4.78, 5) is 28.2. The molecule has 2 aromatic carbocycles. The molecule has 2 N–H and O–H groups in total. The molecule has 1 saturated heterocycles. The van der Waals surface area contributed by atoms with Crippen LogP contribution in [0.5, 0.6) is 0 Å². The fourth-order valence-electron chi connectivity index (χ4n) is 3.75. The Morgan fingerprint density at radius 1 is 0.970 bits per heavy atom. The van der Waals surface area contributed by atoms with Crippen molar-refractivity contribution >= 4 is 38.9 Å². The van der Waals surface area contributed by atoms with E-state index in [1.807, 2.05) is 47.8 Å². The number of hydrogen-bond donors (Lipinski definition) is 2. The summed E-state index contributed by atoms with van der Waals surface area (Å²) < 4.78 is 27.9. The number of carbonyl (C=O) groups is 2. The minimum absolute atomic E-state index is 0.0433. The van der Waals surface area contributed by atoms with Gasteiger partial charge in [0.2, 0.25) is 15.9 Å². The monoisotopic (exact) mass is 483 g/mol. The molecule has 0 unspecified atom stereocenters. The fraction of sp³-hybridized carbons (Fsp3) is 0.250. The van der Waals surface area contributed by atoms with Crippen LogP contribution in [-0.4, -0.2) is 38.2 Å². The lowest BCUT2D eigenvalue weighted by molar-refractivity contribution is -0.121. The van der Waals surface area contributed by atoms with Gasteiger partial charge in [0, 0.05) is 41.7 Å². The molecule has 0 aliphatic carbocycles.